The Morgan fingerprint density at radius 3 is 2.24 bits per heavy atom. The molecular formula is C26H34Cl3N3O4S. The summed E-state index contributed by atoms with van der Waals surface area (Å²) >= 11 is 18.7. The van der Waals surface area contributed by atoms with Gasteiger partial charge in [0, 0.05) is 35.1 Å². The van der Waals surface area contributed by atoms with Gasteiger partial charge < -0.3 is 10.2 Å². The second-order valence-electron chi connectivity index (χ2n) is 9.81. The van der Waals surface area contributed by atoms with Crippen LogP contribution in [0.4, 0.5) is 5.69 Å². The molecule has 2 aromatic carbocycles. The van der Waals surface area contributed by atoms with Crippen LogP contribution in [0.1, 0.15) is 52.5 Å². The molecule has 0 aliphatic carbocycles. The predicted octanol–water partition coefficient (Wildman–Crippen LogP) is 5.92. The molecule has 0 saturated heterocycles. The van der Waals surface area contributed by atoms with Crippen LogP contribution in [0.15, 0.2) is 42.5 Å². The average Bonchev–Trinajstić information content (AvgIpc) is 2.77. The first-order chi connectivity index (χ1) is 17.1. The summed E-state index contributed by atoms with van der Waals surface area (Å²) in [4.78, 5) is 28.1. The maximum atomic E-state index is 13.5. The molecule has 37 heavy (non-hydrogen) atoms. The van der Waals surface area contributed by atoms with Gasteiger partial charge in [0.15, 0.2) is 0 Å². The van der Waals surface area contributed by atoms with Gasteiger partial charge in [0.1, 0.15) is 6.04 Å². The molecule has 0 fully saturated rings. The second kappa shape index (κ2) is 13.2. The highest BCUT2D eigenvalue weighted by Crippen LogP contribution is 2.31. The first kappa shape index (κ1) is 31.2. The van der Waals surface area contributed by atoms with Gasteiger partial charge in [-0.15, -0.1) is 0 Å². The molecule has 2 rings (SSSR count). The minimum absolute atomic E-state index is 0.00789. The lowest BCUT2D eigenvalue weighted by Gasteiger charge is -2.33. The quantitative estimate of drug-likeness (QED) is 0.352. The van der Waals surface area contributed by atoms with Gasteiger partial charge in [-0.05, 0) is 63.4 Å². The highest BCUT2D eigenvalue weighted by Gasteiger charge is 2.31. The third-order valence-corrected chi connectivity index (χ3v) is 7.62. The average molecular weight is 591 g/mol. The molecule has 1 N–H and O–H groups in total. The number of anilines is 1. The SMILES string of the molecule is CC[C@H](C(=O)NC(C)(C)C)N(Cc1ccccc1Cl)C(=O)CCCN(c1cc(Cl)ccc1Cl)S(C)(=O)=O. The summed E-state index contributed by atoms with van der Waals surface area (Å²) in [5.74, 6) is -0.555. The molecule has 0 spiro atoms. The van der Waals surface area contributed by atoms with Crippen molar-refractivity contribution in [3.63, 3.8) is 0 Å². The van der Waals surface area contributed by atoms with Crippen LogP contribution in [0.25, 0.3) is 0 Å². The standard InChI is InChI=1S/C26H34Cl3N3O4S/c1-6-22(25(34)30-26(2,3)4)31(17-18-10-7-8-11-20(18)28)24(33)12-9-15-32(37(5,35)36)23-16-19(27)13-14-21(23)29/h7-8,10-11,13-14,16,22H,6,9,12,15,17H2,1-5H3,(H,30,34)/t22-/m1/s1. The first-order valence-electron chi connectivity index (χ1n) is 11.9. The molecule has 0 radical (unpaired) electrons. The van der Waals surface area contributed by atoms with Crippen LogP contribution >= 0.6 is 34.8 Å². The van der Waals surface area contributed by atoms with E-state index in [1.807, 2.05) is 39.8 Å². The fraction of sp³-hybridized carbons (Fsp3) is 0.462. The van der Waals surface area contributed by atoms with E-state index in [0.29, 0.717) is 22.0 Å². The minimum Gasteiger partial charge on any atom is -0.350 e. The van der Waals surface area contributed by atoms with Gasteiger partial charge in [0.25, 0.3) is 0 Å². The van der Waals surface area contributed by atoms with Crippen LogP contribution in [-0.4, -0.2) is 49.5 Å². The molecule has 204 valence electrons. The Morgan fingerprint density at radius 2 is 1.68 bits per heavy atom. The van der Waals surface area contributed by atoms with Crippen LogP contribution < -0.4 is 9.62 Å². The molecule has 0 aromatic heterocycles. The van der Waals surface area contributed by atoms with Crippen LogP contribution in [0.2, 0.25) is 15.1 Å². The van der Waals surface area contributed by atoms with E-state index in [9.17, 15) is 18.0 Å². The number of sulfonamides is 1. The van der Waals surface area contributed by atoms with Gasteiger partial charge >= 0.3 is 0 Å². The second-order valence-corrected chi connectivity index (χ2v) is 13.0. The van der Waals surface area contributed by atoms with Gasteiger partial charge in [0.2, 0.25) is 21.8 Å². The summed E-state index contributed by atoms with van der Waals surface area (Å²) in [7, 11) is -3.70. The van der Waals surface area contributed by atoms with Gasteiger partial charge in [-0.1, -0.05) is 59.9 Å². The van der Waals surface area contributed by atoms with Crippen LogP contribution in [-0.2, 0) is 26.2 Å². The lowest BCUT2D eigenvalue weighted by molar-refractivity contribution is -0.142. The monoisotopic (exact) mass is 589 g/mol. The number of nitrogens with zero attached hydrogens (tertiary/aromatic N) is 2. The third-order valence-electron chi connectivity index (χ3n) is 5.51. The van der Waals surface area contributed by atoms with Crippen molar-refractivity contribution in [2.24, 2.45) is 0 Å². The van der Waals surface area contributed by atoms with Gasteiger partial charge in [0.05, 0.1) is 17.0 Å². The number of hydrogen-bond donors (Lipinski definition) is 1. The van der Waals surface area contributed by atoms with E-state index in [4.69, 9.17) is 34.8 Å². The highest BCUT2D eigenvalue weighted by molar-refractivity contribution is 7.92. The zero-order valence-corrected chi connectivity index (χ0v) is 24.8. The Bertz CT molecular complexity index is 1220. The maximum absolute atomic E-state index is 13.5. The zero-order chi connectivity index (χ0) is 28.0. The molecule has 2 amide bonds. The van der Waals surface area contributed by atoms with Crippen LogP contribution in [0.5, 0.6) is 0 Å². The molecule has 0 bridgehead atoms. The number of halogens is 3. The molecule has 0 unspecified atom stereocenters. The summed E-state index contributed by atoms with van der Waals surface area (Å²) in [6.45, 7) is 7.61. The first-order valence-corrected chi connectivity index (χ1v) is 14.9. The largest absolute Gasteiger partial charge is 0.350 e. The number of hydrogen-bond acceptors (Lipinski definition) is 4. The van der Waals surface area contributed by atoms with Crippen LogP contribution in [0.3, 0.4) is 0 Å². The van der Waals surface area contributed by atoms with E-state index in [0.717, 1.165) is 10.6 Å². The number of amides is 2. The molecule has 11 heteroatoms. The predicted molar refractivity (Wildman–Crippen MR) is 152 cm³/mol. The van der Waals surface area contributed by atoms with Crippen molar-refractivity contribution in [3.05, 3.63) is 63.1 Å². The molecule has 0 heterocycles. The maximum Gasteiger partial charge on any atom is 0.243 e. The summed E-state index contributed by atoms with van der Waals surface area (Å²) in [5.41, 5.74) is 0.478. The number of benzene rings is 2. The van der Waals surface area contributed by atoms with Crippen LogP contribution in [0, 0.1) is 0 Å². The van der Waals surface area contributed by atoms with Crippen molar-refractivity contribution in [3.8, 4) is 0 Å². The van der Waals surface area contributed by atoms with E-state index >= 15 is 0 Å². The Hall–Kier alpha value is -2.00. The van der Waals surface area contributed by atoms with E-state index in [1.165, 1.54) is 17.0 Å². The lowest BCUT2D eigenvalue weighted by atomic mass is 10.0. The number of rotatable bonds is 11. The Morgan fingerprint density at radius 1 is 1.03 bits per heavy atom. The van der Waals surface area contributed by atoms with Crippen molar-refractivity contribution in [2.45, 2.75) is 65.1 Å². The molecule has 1 atom stereocenters. The molecule has 7 nitrogen and oxygen atoms in total. The summed E-state index contributed by atoms with van der Waals surface area (Å²) < 4.78 is 26.2. The van der Waals surface area contributed by atoms with Crippen molar-refractivity contribution < 1.29 is 18.0 Å². The van der Waals surface area contributed by atoms with E-state index in [1.54, 1.807) is 18.2 Å². The van der Waals surface area contributed by atoms with Crippen molar-refractivity contribution in [1.82, 2.24) is 10.2 Å². The van der Waals surface area contributed by atoms with E-state index < -0.39 is 21.6 Å². The van der Waals surface area contributed by atoms with Crippen molar-refractivity contribution in [2.75, 3.05) is 17.1 Å². The number of carbonyl (C=O) groups is 2. The fourth-order valence-electron chi connectivity index (χ4n) is 3.84. The molecule has 0 aliphatic heterocycles. The fourth-order valence-corrected chi connectivity index (χ4v) is 5.44. The lowest BCUT2D eigenvalue weighted by Crippen LogP contribution is -2.53. The van der Waals surface area contributed by atoms with E-state index in [-0.39, 0.29) is 48.5 Å². The normalized spacial score (nSPS) is 12.6. The van der Waals surface area contributed by atoms with Crippen molar-refractivity contribution >= 4 is 62.3 Å². The topological polar surface area (TPSA) is 86.8 Å². The Balaban J connectivity index is 2.29. The summed E-state index contributed by atoms with van der Waals surface area (Å²) in [5, 5.41) is 4.01. The highest BCUT2D eigenvalue weighted by atomic mass is 35.5. The molecular weight excluding hydrogens is 557 g/mol. The Kier molecular flexibility index (Phi) is 11.1. The molecule has 0 aliphatic rings. The third kappa shape index (κ3) is 9.36. The van der Waals surface area contributed by atoms with Gasteiger partial charge in [-0.25, -0.2) is 8.42 Å². The van der Waals surface area contributed by atoms with Gasteiger partial charge in [-0.3, -0.25) is 13.9 Å². The van der Waals surface area contributed by atoms with Gasteiger partial charge in [-0.2, -0.15) is 0 Å². The Labute approximate surface area is 235 Å². The number of carbonyl (C=O) groups excluding carboxylic acids is 2. The molecule has 2 aromatic rings. The summed E-state index contributed by atoms with van der Waals surface area (Å²) in [6.07, 6.45) is 1.67. The molecule has 0 saturated carbocycles. The van der Waals surface area contributed by atoms with E-state index in [2.05, 4.69) is 5.32 Å². The van der Waals surface area contributed by atoms with Crippen molar-refractivity contribution in [1.29, 1.82) is 0 Å². The zero-order valence-electron chi connectivity index (χ0n) is 21.7. The summed E-state index contributed by atoms with van der Waals surface area (Å²) in [6, 6.07) is 11.0. The number of nitrogens with one attached hydrogen (secondary N) is 1. The smallest absolute Gasteiger partial charge is 0.243 e. The minimum atomic E-state index is -3.70.